The van der Waals surface area contributed by atoms with Crippen molar-refractivity contribution < 1.29 is 9.50 Å². The Morgan fingerprint density at radius 1 is 1.14 bits per heavy atom. The minimum Gasteiger partial charge on any atom is -0.508 e. The third-order valence-electron chi connectivity index (χ3n) is 2.05. The maximum atomic E-state index is 13.3. The highest BCUT2D eigenvalue weighted by Crippen LogP contribution is 2.25. The van der Waals surface area contributed by atoms with Crippen LogP contribution in [0, 0.1) is 5.82 Å². The average molecular weight is 192 g/mol. The Bertz CT molecular complexity index is 321. The van der Waals surface area contributed by atoms with Crippen LogP contribution in [0.15, 0.2) is 37.4 Å². The Balaban J connectivity index is 3.24. The number of allylic oxidation sites excluding steroid dienone is 2. The van der Waals surface area contributed by atoms with E-state index in [2.05, 4.69) is 13.2 Å². The van der Waals surface area contributed by atoms with Gasteiger partial charge in [-0.15, -0.1) is 13.2 Å². The van der Waals surface area contributed by atoms with Gasteiger partial charge in [-0.25, -0.2) is 4.39 Å². The molecular formula is C12H13FO. The first kappa shape index (κ1) is 10.5. The lowest BCUT2D eigenvalue weighted by molar-refractivity contribution is 0.465. The van der Waals surface area contributed by atoms with Crippen molar-refractivity contribution in [3.05, 3.63) is 54.4 Å². The van der Waals surface area contributed by atoms with Gasteiger partial charge in [-0.05, 0) is 30.5 Å². The van der Waals surface area contributed by atoms with Crippen LogP contribution in [-0.4, -0.2) is 5.11 Å². The highest BCUT2D eigenvalue weighted by molar-refractivity contribution is 5.42. The number of hydrogen-bond acceptors (Lipinski definition) is 1. The topological polar surface area (TPSA) is 20.2 Å². The van der Waals surface area contributed by atoms with Gasteiger partial charge in [0.15, 0.2) is 0 Å². The van der Waals surface area contributed by atoms with Crippen LogP contribution in [0.3, 0.4) is 0 Å². The fourth-order valence-electron chi connectivity index (χ4n) is 1.39. The van der Waals surface area contributed by atoms with Gasteiger partial charge in [-0.3, -0.25) is 0 Å². The Kier molecular flexibility index (Phi) is 3.46. The summed E-state index contributed by atoms with van der Waals surface area (Å²) >= 11 is 0. The fraction of sp³-hybridized carbons (Fsp3) is 0.167. The van der Waals surface area contributed by atoms with E-state index in [0.717, 1.165) is 0 Å². The van der Waals surface area contributed by atoms with E-state index in [1.807, 2.05) is 0 Å². The third kappa shape index (κ3) is 2.02. The molecule has 0 amide bonds. The van der Waals surface area contributed by atoms with Crippen LogP contribution in [0.5, 0.6) is 5.75 Å². The van der Waals surface area contributed by atoms with Gasteiger partial charge in [-0.2, -0.15) is 0 Å². The quantitative estimate of drug-likeness (QED) is 0.727. The zero-order valence-corrected chi connectivity index (χ0v) is 7.96. The summed E-state index contributed by atoms with van der Waals surface area (Å²) in [5, 5.41) is 9.52. The molecule has 0 aliphatic heterocycles. The first-order valence-electron chi connectivity index (χ1n) is 4.41. The molecule has 0 saturated carbocycles. The summed E-state index contributed by atoms with van der Waals surface area (Å²) in [4.78, 5) is 0. The Morgan fingerprint density at radius 2 is 1.71 bits per heavy atom. The lowest BCUT2D eigenvalue weighted by Crippen LogP contribution is -1.96. The second kappa shape index (κ2) is 4.61. The van der Waals surface area contributed by atoms with Gasteiger partial charge in [0.25, 0.3) is 0 Å². The van der Waals surface area contributed by atoms with Crippen molar-refractivity contribution >= 4 is 0 Å². The van der Waals surface area contributed by atoms with E-state index in [4.69, 9.17) is 0 Å². The number of benzene rings is 1. The van der Waals surface area contributed by atoms with Crippen molar-refractivity contribution in [1.82, 2.24) is 0 Å². The van der Waals surface area contributed by atoms with Crippen LogP contribution >= 0.6 is 0 Å². The molecule has 1 rings (SSSR count). The number of halogens is 1. The number of hydrogen-bond donors (Lipinski definition) is 1. The second-order valence-corrected chi connectivity index (χ2v) is 3.01. The van der Waals surface area contributed by atoms with Crippen molar-refractivity contribution in [2.45, 2.75) is 12.8 Å². The molecule has 0 aromatic heterocycles. The predicted octanol–water partition coefficient (Wildman–Crippen LogP) is 2.99. The van der Waals surface area contributed by atoms with Gasteiger partial charge >= 0.3 is 0 Å². The van der Waals surface area contributed by atoms with E-state index in [-0.39, 0.29) is 11.6 Å². The molecule has 0 unspecified atom stereocenters. The summed E-state index contributed by atoms with van der Waals surface area (Å²) in [5.74, 6) is -0.192. The molecule has 1 N–H and O–H groups in total. The van der Waals surface area contributed by atoms with Gasteiger partial charge in [0.2, 0.25) is 0 Å². The lowest BCUT2D eigenvalue weighted by atomic mass is 10.00. The standard InChI is InChI=1S/C12H13FO/c1-3-5-9-10(6-4-2)12(14)8-7-11(9)13/h3-4,7-8,14H,1-2,5-6H2. The maximum absolute atomic E-state index is 13.3. The molecule has 14 heavy (non-hydrogen) atoms. The molecule has 0 bridgehead atoms. The predicted molar refractivity (Wildman–Crippen MR) is 55.9 cm³/mol. The summed E-state index contributed by atoms with van der Waals surface area (Å²) < 4.78 is 13.3. The Labute approximate surface area is 83.2 Å². The zero-order chi connectivity index (χ0) is 10.6. The van der Waals surface area contributed by atoms with E-state index in [1.165, 1.54) is 12.1 Å². The molecular weight excluding hydrogens is 179 g/mol. The average Bonchev–Trinajstić information content (AvgIpc) is 2.17. The molecule has 0 heterocycles. The molecule has 2 heteroatoms. The molecule has 0 radical (unpaired) electrons. The summed E-state index contributed by atoms with van der Waals surface area (Å²) in [7, 11) is 0. The minimum absolute atomic E-state index is 0.114. The Hall–Kier alpha value is -1.57. The summed E-state index contributed by atoms with van der Waals surface area (Å²) in [6.45, 7) is 7.12. The molecule has 1 aromatic rings. The normalized spacial score (nSPS) is 9.79. The molecule has 0 aliphatic rings. The number of aromatic hydroxyl groups is 1. The lowest BCUT2D eigenvalue weighted by Gasteiger charge is -2.09. The summed E-state index contributed by atoms with van der Waals surface area (Å²) in [6.07, 6.45) is 4.14. The van der Waals surface area contributed by atoms with Gasteiger partial charge in [0.05, 0.1) is 0 Å². The van der Waals surface area contributed by atoms with Crippen LogP contribution in [0.25, 0.3) is 0 Å². The van der Waals surface area contributed by atoms with Gasteiger partial charge in [0.1, 0.15) is 11.6 Å². The molecule has 0 saturated heterocycles. The first-order chi connectivity index (χ1) is 6.70. The summed E-state index contributed by atoms with van der Waals surface area (Å²) in [5.41, 5.74) is 1.10. The van der Waals surface area contributed by atoms with Crippen LogP contribution in [-0.2, 0) is 12.8 Å². The van der Waals surface area contributed by atoms with E-state index in [9.17, 15) is 9.50 Å². The number of rotatable bonds is 4. The fourth-order valence-corrected chi connectivity index (χ4v) is 1.39. The molecule has 74 valence electrons. The highest BCUT2D eigenvalue weighted by atomic mass is 19.1. The van der Waals surface area contributed by atoms with E-state index in [0.29, 0.717) is 24.0 Å². The number of phenolic OH excluding ortho intramolecular Hbond substituents is 1. The first-order valence-corrected chi connectivity index (χ1v) is 4.41. The van der Waals surface area contributed by atoms with Gasteiger partial charge in [0, 0.05) is 5.56 Å². The molecule has 0 fully saturated rings. The molecule has 0 aliphatic carbocycles. The summed E-state index contributed by atoms with van der Waals surface area (Å²) in [6, 6.07) is 2.63. The molecule has 0 atom stereocenters. The zero-order valence-electron chi connectivity index (χ0n) is 7.96. The van der Waals surface area contributed by atoms with Crippen molar-refractivity contribution in [2.24, 2.45) is 0 Å². The monoisotopic (exact) mass is 192 g/mol. The Morgan fingerprint density at radius 3 is 2.29 bits per heavy atom. The maximum Gasteiger partial charge on any atom is 0.127 e. The van der Waals surface area contributed by atoms with E-state index >= 15 is 0 Å². The van der Waals surface area contributed by atoms with Crippen molar-refractivity contribution in [1.29, 1.82) is 0 Å². The van der Waals surface area contributed by atoms with Crippen molar-refractivity contribution in [3.63, 3.8) is 0 Å². The van der Waals surface area contributed by atoms with Gasteiger partial charge in [-0.1, -0.05) is 12.2 Å². The SMILES string of the molecule is C=CCc1c(O)ccc(F)c1CC=C. The van der Waals surface area contributed by atoms with Crippen LogP contribution in [0.4, 0.5) is 4.39 Å². The largest absolute Gasteiger partial charge is 0.508 e. The second-order valence-electron chi connectivity index (χ2n) is 3.01. The van der Waals surface area contributed by atoms with Crippen molar-refractivity contribution in [2.75, 3.05) is 0 Å². The number of phenols is 1. The van der Waals surface area contributed by atoms with Gasteiger partial charge < -0.3 is 5.11 Å². The highest BCUT2D eigenvalue weighted by Gasteiger charge is 2.10. The van der Waals surface area contributed by atoms with Crippen LogP contribution in [0.1, 0.15) is 11.1 Å². The van der Waals surface area contributed by atoms with Crippen LogP contribution in [0.2, 0.25) is 0 Å². The van der Waals surface area contributed by atoms with Crippen LogP contribution < -0.4 is 0 Å². The molecule has 1 aromatic carbocycles. The van der Waals surface area contributed by atoms with E-state index in [1.54, 1.807) is 12.2 Å². The third-order valence-corrected chi connectivity index (χ3v) is 2.05. The molecule has 0 spiro atoms. The van der Waals surface area contributed by atoms with Crippen molar-refractivity contribution in [3.8, 4) is 5.75 Å². The smallest absolute Gasteiger partial charge is 0.127 e. The minimum atomic E-state index is -0.306. The molecule has 1 nitrogen and oxygen atoms in total. The van der Waals surface area contributed by atoms with E-state index < -0.39 is 0 Å².